The predicted molar refractivity (Wildman–Crippen MR) is 72.9 cm³/mol. The van der Waals surface area contributed by atoms with Gasteiger partial charge in [-0.15, -0.1) is 0 Å². The van der Waals surface area contributed by atoms with Gasteiger partial charge in [-0.05, 0) is 28.1 Å². The first kappa shape index (κ1) is 13.8. The maximum absolute atomic E-state index is 9.98. The van der Waals surface area contributed by atoms with Crippen LogP contribution in [0.25, 0.3) is 0 Å². The minimum absolute atomic E-state index is 0.357. The van der Waals surface area contributed by atoms with Gasteiger partial charge in [0, 0.05) is 0 Å². The summed E-state index contributed by atoms with van der Waals surface area (Å²) in [6.45, 7) is 5.71. The normalized spacial score (nSPS) is 18.6. The molecule has 0 aromatic heterocycles. The van der Waals surface area contributed by atoms with Crippen molar-refractivity contribution >= 4 is 15.9 Å². The number of hydrogen-bond donors (Lipinski definition) is 3. The molecule has 0 spiro atoms. The molecule has 1 aromatic rings. The van der Waals surface area contributed by atoms with Gasteiger partial charge in [0.15, 0.2) is 0 Å². The van der Waals surface area contributed by atoms with Crippen LogP contribution in [-0.2, 0) is 0 Å². The highest BCUT2D eigenvalue weighted by Gasteiger charge is 2.19. The summed E-state index contributed by atoms with van der Waals surface area (Å²) in [5.41, 5.74) is 0. The molecule has 4 nitrogen and oxygen atoms in total. The van der Waals surface area contributed by atoms with Gasteiger partial charge < -0.3 is 20.1 Å². The molecule has 0 aliphatic carbocycles. The second-order valence-corrected chi connectivity index (χ2v) is 5.57. The van der Waals surface area contributed by atoms with Gasteiger partial charge in [-0.1, -0.05) is 12.1 Å². The number of nitrogens with two attached hydrogens (primary N) is 1. The molecule has 18 heavy (non-hydrogen) atoms. The molecule has 1 aromatic carbocycles. The SMILES string of the molecule is O[C@H](COc1ccccc1Br)C[NH+]1CC[NH2+]CC1. The summed E-state index contributed by atoms with van der Waals surface area (Å²) >= 11 is 3.43. The van der Waals surface area contributed by atoms with Crippen molar-refractivity contribution in [3.8, 4) is 5.75 Å². The van der Waals surface area contributed by atoms with Crippen LogP contribution in [0.3, 0.4) is 0 Å². The Morgan fingerprint density at radius 2 is 2.06 bits per heavy atom. The zero-order chi connectivity index (χ0) is 12.8. The van der Waals surface area contributed by atoms with Crippen LogP contribution in [0.4, 0.5) is 0 Å². The van der Waals surface area contributed by atoms with Crippen molar-refractivity contribution in [2.45, 2.75) is 6.10 Å². The van der Waals surface area contributed by atoms with Crippen LogP contribution >= 0.6 is 15.9 Å². The van der Waals surface area contributed by atoms with E-state index in [-0.39, 0.29) is 0 Å². The molecule has 0 saturated carbocycles. The first-order chi connectivity index (χ1) is 8.75. The molecule has 100 valence electrons. The molecule has 1 heterocycles. The number of benzene rings is 1. The van der Waals surface area contributed by atoms with Crippen LogP contribution in [0.5, 0.6) is 5.75 Å². The van der Waals surface area contributed by atoms with E-state index in [2.05, 4.69) is 21.2 Å². The van der Waals surface area contributed by atoms with E-state index in [4.69, 9.17) is 4.74 Å². The average molecular weight is 317 g/mol. The topological polar surface area (TPSA) is 50.5 Å². The summed E-state index contributed by atoms with van der Waals surface area (Å²) < 4.78 is 6.55. The largest absolute Gasteiger partial charge is 0.489 e. The Morgan fingerprint density at radius 3 is 2.78 bits per heavy atom. The number of halogens is 1. The minimum atomic E-state index is -0.398. The Hall–Kier alpha value is -0.620. The number of rotatable bonds is 5. The standard InChI is InChI=1S/C13H19BrN2O2/c14-12-3-1-2-4-13(12)18-10-11(17)9-16-7-5-15-6-8-16/h1-4,11,15,17H,5-10H2/p+2/t11-/m0/s1. The van der Waals surface area contributed by atoms with Gasteiger partial charge in [-0.25, -0.2) is 0 Å². The quantitative estimate of drug-likeness (QED) is 0.629. The summed E-state index contributed by atoms with van der Waals surface area (Å²) in [6.07, 6.45) is -0.398. The number of para-hydroxylation sites is 1. The van der Waals surface area contributed by atoms with E-state index in [1.165, 1.54) is 4.90 Å². The van der Waals surface area contributed by atoms with E-state index in [0.717, 1.165) is 42.9 Å². The molecule has 1 aliphatic heterocycles. The molecule has 1 aliphatic rings. The van der Waals surface area contributed by atoms with Crippen LogP contribution < -0.4 is 15.0 Å². The lowest BCUT2D eigenvalue weighted by atomic mass is 10.3. The lowest BCUT2D eigenvalue weighted by molar-refractivity contribution is -0.949. The van der Waals surface area contributed by atoms with E-state index in [0.29, 0.717) is 6.61 Å². The predicted octanol–water partition coefficient (Wildman–Crippen LogP) is -1.35. The molecule has 2 rings (SSSR count). The second kappa shape index (κ2) is 7.09. The molecule has 0 unspecified atom stereocenters. The molecule has 5 heteroatoms. The van der Waals surface area contributed by atoms with E-state index < -0.39 is 6.10 Å². The molecular weight excluding hydrogens is 296 g/mol. The number of hydrogen-bond acceptors (Lipinski definition) is 2. The Kier molecular flexibility index (Phi) is 5.44. The maximum Gasteiger partial charge on any atom is 0.137 e. The number of ether oxygens (including phenoxy) is 1. The molecule has 0 amide bonds. The third-order valence-electron chi connectivity index (χ3n) is 3.20. The van der Waals surface area contributed by atoms with Crippen LogP contribution in [-0.4, -0.2) is 50.5 Å². The van der Waals surface area contributed by atoms with Crippen LogP contribution in [0.2, 0.25) is 0 Å². The molecule has 1 fully saturated rings. The number of nitrogens with one attached hydrogen (secondary N) is 1. The van der Waals surface area contributed by atoms with E-state index in [9.17, 15) is 5.11 Å². The highest BCUT2D eigenvalue weighted by atomic mass is 79.9. The van der Waals surface area contributed by atoms with E-state index >= 15 is 0 Å². The monoisotopic (exact) mass is 316 g/mol. The Balaban J connectivity index is 1.74. The number of quaternary nitrogens is 2. The lowest BCUT2D eigenvalue weighted by Crippen LogP contribution is -3.21. The van der Waals surface area contributed by atoms with Crippen LogP contribution in [0.1, 0.15) is 0 Å². The van der Waals surface area contributed by atoms with Crippen molar-refractivity contribution in [2.24, 2.45) is 0 Å². The second-order valence-electron chi connectivity index (χ2n) is 4.72. The lowest BCUT2D eigenvalue weighted by Gasteiger charge is -2.24. The molecule has 0 radical (unpaired) electrons. The van der Waals surface area contributed by atoms with Gasteiger partial charge >= 0.3 is 0 Å². The smallest absolute Gasteiger partial charge is 0.137 e. The summed E-state index contributed by atoms with van der Waals surface area (Å²) in [4.78, 5) is 1.47. The van der Waals surface area contributed by atoms with Gasteiger partial charge in [0.2, 0.25) is 0 Å². The maximum atomic E-state index is 9.98. The first-order valence-electron chi connectivity index (χ1n) is 6.46. The first-order valence-corrected chi connectivity index (χ1v) is 7.25. The van der Waals surface area contributed by atoms with Crippen molar-refractivity contribution in [2.75, 3.05) is 39.3 Å². The Labute approximate surface area is 116 Å². The van der Waals surface area contributed by atoms with Gasteiger partial charge in [-0.3, -0.25) is 0 Å². The van der Waals surface area contributed by atoms with Gasteiger partial charge in [0.1, 0.15) is 51.2 Å². The number of aliphatic hydroxyl groups is 1. The molecular formula is C13H21BrN2O2+2. The van der Waals surface area contributed by atoms with E-state index in [1.807, 2.05) is 24.3 Å². The molecule has 0 bridgehead atoms. The van der Waals surface area contributed by atoms with Crippen molar-refractivity contribution in [3.05, 3.63) is 28.7 Å². The summed E-state index contributed by atoms with van der Waals surface area (Å²) in [6, 6.07) is 7.72. The van der Waals surface area contributed by atoms with Gasteiger partial charge in [0.05, 0.1) is 4.47 Å². The summed E-state index contributed by atoms with van der Waals surface area (Å²) in [5.74, 6) is 0.790. The highest BCUT2D eigenvalue weighted by molar-refractivity contribution is 9.10. The van der Waals surface area contributed by atoms with Gasteiger partial charge in [-0.2, -0.15) is 0 Å². The third-order valence-corrected chi connectivity index (χ3v) is 3.85. The fourth-order valence-electron chi connectivity index (χ4n) is 2.23. The summed E-state index contributed by atoms with van der Waals surface area (Å²) in [5, 5.41) is 12.3. The third kappa shape index (κ3) is 4.24. The van der Waals surface area contributed by atoms with Crippen molar-refractivity contribution < 1.29 is 20.1 Å². The molecule has 1 saturated heterocycles. The Morgan fingerprint density at radius 1 is 1.33 bits per heavy atom. The summed E-state index contributed by atoms with van der Waals surface area (Å²) in [7, 11) is 0. The molecule has 1 atom stereocenters. The highest BCUT2D eigenvalue weighted by Crippen LogP contribution is 2.23. The number of aliphatic hydroxyl groups excluding tert-OH is 1. The van der Waals surface area contributed by atoms with Gasteiger partial charge in [0.25, 0.3) is 0 Å². The molecule has 4 N–H and O–H groups in total. The zero-order valence-corrected chi connectivity index (χ0v) is 12.0. The minimum Gasteiger partial charge on any atom is -0.489 e. The average Bonchev–Trinajstić information content (AvgIpc) is 2.39. The van der Waals surface area contributed by atoms with Crippen molar-refractivity contribution in [3.63, 3.8) is 0 Å². The zero-order valence-electron chi connectivity index (χ0n) is 10.4. The Bertz CT molecular complexity index is 370. The van der Waals surface area contributed by atoms with Crippen LogP contribution in [0, 0.1) is 0 Å². The number of piperazine rings is 1. The fourth-order valence-corrected chi connectivity index (χ4v) is 2.62. The van der Waals surface area contributed by atoms with Crippen molar-refractivity contribution in [1.29, 1.82) is 0 Å². The van der Waals surface area contributed by atoms with Crippen LogP contribution in [0.15, 0.2) is 28.7 Å². The van der Waals surface area contributed by atoms with Crippen molar-refractivity contribution in [1.82, 2.24) is 0 Å². The fraction of sp³-hybridized carbons (Fsp3) is 0.538. The van der Waals surface area contributed by atoms with E-state index in [1.54, 1.807) is 0 Å².